The van der Waals surface area contributed by atoms with E-state index in [1.54, 1.807) is 0 Å². The van der Waals surface area contributed by atoms with Crippen LogP contribution in [0, 0.1) is 0 Å². The molecule has 4 aromatic carbocycles. The minimum atomic E-state index is -1.48. The molecule has 1 unspecified atom stereocenters. The molecule has 0 spiro atoms. The molecular weight excluding hydrogens is 710 g/mol. The Morgan fingerprint density at radius 1 is 0.320 bits per heavy atom. The maximum absolute atomic E-state index is 10.5. The average molecular weight is 737 g/mol. The molecule has 256 valence electrons. The molecule has 16 nitrogen and oxygen atoms in total. The van der Waals surface area contributed by atoms with Crippen LogP contribution < -0.4 is 56.5 Å². The smallest absolute Gasteiger partial charge is 0.545 e. The van der Waals surface area contributed by atoms with E-state index >= 15 is 0 Å². The van der Waals surface area contributed by atoms with Gasteiger partial charge in [-0.3, -0.25) is 0 Å². The van der Waals surface area contributed by atoms with E-state index < -0.39 is 47.8 Å². The van der Waals surface area contributed by atoms with Crippen LogP contribution in [0.3, 0.4) is 0 Å². The summed E-state index contributed by atoms with van der Waals surface area (Å²) in [4.78, 5) is 83.6. The molecule has 18 heteroatoms. The third-order valence-corrected chi connectivity index (χ3v) is 5.54. The number of carbonyl (C=O) groups is 8. The summed E-state index contributed by atoms with van der Waals surface area (Å²) in [6.07, 6.45) is 0. The molecule has 0 aliphatic heterocycles. The summed E-state index contributed by atoms with van der Waals surface area (Å²) in [5.41, 5.74) is -1.69. The van der Waals surface area contributed by atoms with Gasteiger partial charge >= 0.3 is 93.2 Å². The number of aromatic carboxylic acids is 8. The van der Waals surface area contributed by atoms with Gasteiger partial charge in [-0.15, -0.1) is 0 Å². The summed E-state index contributed by atoms with van der Waals surface area (Å²) < 4.78 is 0. The zero-order chi connectivity index (χ0) is 36.6. The molecule has 0 saturated heterocycles. The molecule has 50 heavy (non-hydrogen) atoms. The van der Waals surface area contributed by atoms with E-state index in [0.717, 1.165) is 0 Å². The number of carboxylic acids is 8. The van der Waals surface area contributed by atoms with Gasteiger partial charge < -0.3 is 45.6 Å². The van der Waals surface area contributed by atoms with Gasteiger partial charge in [0.1, 0.15) is 0 Å². The molecule has 0 heterocycles. The van der Waals surface area contributed by atoms with E-state index in [1.807, 2.05) is 0 Å². The van der Waals surface area contributed by atoms with Gasteiger partial charge in [-0.1, -0.05) is 54.6 Å². The molecular formula is C32H26KO16P. The Balaban J connectivity index is 0. The Kier molecular flexibility index (Phi) is 21.7. The van der Waals surface area contributed by atoms with Gasteiger partial charge in [0.15, 0.2) is 0 Å². The molecule has 0 saturated carbocycles. The SMILES string of the molecule is O=C(O)c1ccccc1C(=O)O.O=C(O)c1ccccc1C(=O)O.O=C(O)c1ccccc1C(=O)O.O=C([O-])c1ccccc1C(=O)O.P.[K+]. The molecule has 0 aliphatic rings. The van der Waals surface area contributed by atoms with Gasteiger partial charge in [0, 0.05) is 5.56 Å². The van der Waals surface area contributed by atoms with Gasteiger partial charge in [-0.2, -0.15) is 9.90 Å². The Labute approximate surface area is 327 Å². The van der Waals surface area contributed by atoms with Crippen molar-refractivity contribution in [1.29, 1.82) is 0 Å². The summed E-state index contributed by atoms with van der Waals surface area (Å²) in [7, 11) is 0. The van der Waals surface area contributed by atoms with E-state index in [2.05, 4.69) is 0 Å². The average Bonchev–Trinajstić information content (AvgIpc) is 3.05. The second kappa shape index (κ2) is 23.1. The first kappa shape index (κ1) is 46.8. The molecule has 0 bridgehead atoms. The molecule has 0 aliphatic carbocycles. The predicted molar refractivity (Wildman–Crippen MR) is 170 cm³/mol. The molecule has 0 fully saturated rings. The molecule has 7 N–H and O–H groups in total. The van der Waals surface area contributed by atoms with Crippen LogP contribution in [0.1, 0.15) is 82.9 Å². The van der Waals surface area contributed by atoms with Crippen LogP contribution in [0.2, 0.25) is 0 Å². The van der Waals surface area contributed by atoms with Crippen LogP contribution in [0.15, 0.2) is 97.1 Å². The Bertz CT molecular complexity index is 1470. The molecule has 4 rings (SSSR count). The zero-order valence-corrected chi connectivity index (χ0v) is 30.3. The van der Waals surface area contributed by atoms with Crippen molar-refractivity contribution in [1.82, 2.24) is 0 Å². The Hall–Kier alpha value is -5.29. The van der Waals surface area contributed by atoms with Gasteiger partial charge in [0.25, 0.3) is 0 Å². The summed E-state index contributed by atoms with van der Waals surface area (Å²) in [6, 6.07) is 21.7. The van der Waals surface area contributed by atoms with Crippen molar-refractivity contribution in [3.05, 3.63) is 142 Å². The number of carboxylic acid groups (broad SMARTS) is 8. The fraction of sp³-hybridized carbons (Fsp3) is 0. The summed E-state index contributed by atoms with van der Waals surface area (Å²) in [5, 5.41) is 70.2. The van der Waals surface area contributed by atoms with Crippen LogP contribution in [-0.4, -0.2) is 83.5 Å². The van der Waals surface area contributed by atoms with E-state index in [-0.39, 0.29) is 106 Å². The maximum Gasteiger partial charge on any atom is 1.00 e. The molecule has 0 radical (unpaired) electrons. The fourth-order valence-corrected chi connectivity index (χ4v) is 3.42. The topological polar surface area (TPSA) is 301 Å². The van der Waals surface area contributed by atoms with Crippen LogP contribution in [0.25, 0.3) is 0 Å². The van der Waals surface area contributed by atoms with Crippen LogP contribution in [0.5, 0.6) is 0 Å². The number of benzene rings is 4. The minimum absolute atomic E-state index is 0. The van der Waals surface area contributed by atoms with Crippen molar-refractivity contribution in [3.8, 4) is 0 Å². The molecule has 0 aromatic heterocycles. The first-order valence-corrected chi connectivity index (χ1v) is 12.7. The maximum atomic E-state index is 10.5. The van der Waals surface area contributed by atoms with E-state index in [1.165, 1.54) is 97.1 Å². The predicted octanol–water partition coefficient (Wildman–Crippen LogP) is 0.0594. The second-order valence-corrected chi connectivity index (χ2v) is 8.61. The normalized spacial score (nSPS) is 8.96. The fourth-order valence-electron chi connectivity index (χ4n) is 3.42. The van der Waals surface area contributed by atoms with Crippen LogP contribution >= 0.6 is 9.90 Å². The van der Waals surface area contributed by atoms with E-state index in [9.17, 15) is 43.5 Å². The largest absolute Gasteiger partial charge is 1.00 e. The summed E-state index contributed by atoms with van der Waals surface area (Å²) in [6.45, 7) is 0. The van der Waals surface area contributed by atoms with Crippen molar-refractivity contribution >= 4 is 57.7 Å². The molecule has 4 aromatic rings. The number of hydrogen-bond acceptors (Lipinski definition) is 9. The zero-order valence-electron chi connectivity index (χ0n) is 25.7. The third kappa shape index (κ3) is 14.9. The van der Waals surface area contributed by atoms with Crippen LogP contribution in [0.4, 0.5) is 0 Å². The summed E-state index contributed by atoms with van der Waals surface area (Å²) >= 11 is 0. The third-order valence-electron chi connectivity index (χ3n) is 5.54. The molecule has 0 amide bonds. The van der Waals surface area contributed by atoms with E-state index in [4.69, 9.17) is 35.7 Å². The monoisotopic (exact) mass is 736 g/mol. The number of hydrogen-bond donors (Lipinski definition) is 7. The van der Waals surface area contributed by atoms with Crippen molar-refractivity contribution in [3.63, 3.8) is 0 Å². The van der Waals surface area contributed by atoms with Crippen molar-refractivity contribution in [2.24, 2.45) is 0 Å². The number of carbonyl (C=O) groups excluding carboxylic acids is 1. The molecule has 1 atom stereocenters. The number of rotatable bonds is 8. The summed E-state index contributed by atoms with van der Waals surface area (Å²) in [5.74, 6) is -10.1. The van der Waals surface area contributed by atoms with Gasteiger partial charge in [-0.05, 0) is 42.5 Å². The second-order valence-electron chi connectivity index (χ2n) is 8.61. The Morgan fingerprint density at radius 3 is 0.540 bits per heavy atom. The van der Waals surface area contributed by atoms with Crippen molar-refractivity contribution in [2.45, 2.75) is 0 Å². The first-order valence-electron chi connectivity index (χ1n) is 12.7. The van der Waals surface area contributed by atoms with Gasteiger partial charge in [0.05, 0.1) is 44.9 Å². The van der Waals surface area contributed by atoms with Crippen molar-refractivity contribution < 1.29 is 131 Å². The first-order chi connectivity index (χ1) is 22.5. The van der Waals surface area contributed by atoms with Crippen LogP contribution in [-0.2, 0) is 0 Å². The quantitative estimate of drug-likeness (QED) is 0.0929. The van der Waals surface area contributed by atoms with Crippen molar-refractivity contribution in [2.75, 3.05) is 0 Å². The van der Waals surface area contributed by atoms with E-state index in [0.29, 0.717) is 0 Å². The van der Waals surface area contributed by atoms with Gasteiger partial charge in [0.2, 0.25) is 0 Å². The standard InChI is InChI=1S/4C8H6O4.K.H3P/c4*9-7(10)5-3-1-2-4-6(5)8(11)12;;/h4*1-4H,(H,9,10)(H,11,12);;1H3/q;;;;+1;/p-1. The van der Waals surface area contributed by atoms with Gasteiger partial charge in [-0.25, -0.2) is 33.6 Å². The Morgan fingerprint density at radius 2 is 0.440 bits per heavy atom. The minimum Gasteiger partial charge on any atom is -0.545 e.